The Balaban J connectivity index is 2.74. The molecule has 1 atom stereocenters. The molecule has 4 heteroatoms. The van der Waals surface area contributed by atoms with Gasteiger partial charge in [-0.1, -0.05) is 0 Å². The normalized spacial score (nSPS) is 13.4. The van der Waals surface area contributed by atoms with E-state index >= 15 is 0 Å². The molecule has 1 aromatic heterocycles. The van der Waals surface area contributed by atoms with E-state index in [1.54, 1.807) is 24.6 Å². The van der Waals surface area contributed by atoms with Crippen molar-refractivity contribution in [3.63, 3.8) is 0 Å². The van der Waals surface area contributed by atoms with Gasteiger partial charge in [0.2, 0.25) is 0 Å². The van der Waals surface area contributed by atoms with E-state index in [2.05, 4.69) is 4.98 Å². The number of aliphatic hydroxyl groups is 1. The Morgan fingerprint density at radius 1 is 1.50 bits per heavy atom. The van der Waals surface area contributed by atoms with E-state index in [0.717, 1.165) is 0 Å². The van der Waals surface area contributed by atoms with E-state index in [1.165, 1.54) is 12.1 Å². The molecule has 3 nitrogen and oxygen atoms in total. The largest absolute Gasteiger partial charge is 0.385 e. The summed E-state index contributed by atoms with van der Waals surface area (Å²) in [5.74, 6) is 0.253. The van der Waals surface area contributed by atoms with Crippen molar-refractivity contribution >= 4 is 11.0 Å². The zero-order chi connectivity index (χ0) is 10.3. The highest BCUT2D eigenvalue weighted by atomic mass is 19.1. The van der Waals surface area contributed by atoms with Crippen LogP contribution >= 0.6 is 0 Å². The fraction of sp³-hybridized carbons (Fsp3) is 0.300. The van der Waals surface area contributed by atoms with Gasteiger partial charge in [0.05, 0.1) is 11.0 Å². The van der Waals surface area contributed by atoms with E-state index in [0.29, 0.717) is 16.9 Å². The summed E-state index contributed by atoms with van der Waals surface area (Å²) in [4.78, 5) is 4.20. The number of rotatable bonds is 1. The van der Waals surface area contributed by atoms with Crippen molar-refractivity contribution in [2.24, 2.45) is 7.05 Å². The molecule has 2 aromatic rings. The van der Waals surface area contributed by atoms with Gasteiger partial charge in [0.1, 0.15) is 17.7 Å². The van der Waals surface area contributed by atoms with Gasteiger partial charge in [0.25, 0.3) is 0 Å². The summed E-state index contributed by atoms with van der Waals surface area (Å²) in [6.45, 7) is 1.64. The fourth-order valence-electron chi connectivity index (χ4n) is 1.56. The second kappa shape index (κ2) is 3.06. The highest BCUT2D eigenvalue weighted by Gasteiger charge is 2.11. The number of fused-ring (bicyclic) bond motifs is 1. The van der Waals surface area contributed by atoms with Crippen molar-refractivity contribution in [2.75, 3.05) is 0 Å². The number of hydrogen-bond acceptors (Lipinski definition) is 2. The Morgan fingerprint density at radius 2 is 2.21 bits per heavy atom. The Morgan fingerprint density at radius 3 is 2.86 bits per heavy atom. The lowest BCUT2D eigenvalue weighted by Crippen LogP contribution is -2.01. The molecule has 1 N–H and O–H groups in total. The molecular formula is C10H11FN2O. The van der Waals surface area contributed by atoms with E-state index in [-0.39, 0.29) is 5.82 Å². The molecule has 0 spiro atoms. The molecule has 1 heterocycles. The number of aromatic nitrogens is 2. The van der Waals surface area contributed by atoms with E-state index < -0.39 is 6.10 Å². The van der Waals surface area contributed by atoms with Gasteiger partial charge in [0.15, 0.2) is 0 Å². The van der Waals surface area contributed by atoms with E-state index in [9.17, 15) is 9.50 Å². The van der Waals surface area contributed by atoms with E-state index in [4.69, 9.17) is 0 Å². The smallest absolute Gasteiger partial charge is 0.138 e. The first-order valence-electron chi connectivity index (χ1n) is 4.39. The average Bonchev–Trinajstić information content (AvgIpc) is 2.44. The molecule has 0 radical (unpaired) electrons. The molecule has 0 aliphatic carbocycles. The summed E-state index contributed by atoms with van der Waals surface area (Å²) < 4.78 is 14.6. The van der Waals surface area contributed by atoms with E-state index in [1.807, 2.05) is 0 Å². The lowest BCUT2D eigenvalue weighted by atomic mass is 10.3. The predicted molar refractivity (Wildman–Crippen MR) is 51.3 cm³/mol. The molecule has 0 amide bonds. The maximum Gasteiger partial charge on any atom is 0.138 e. The van der Waals surface area contributed by atoms with Gasteiger partial charge >= 0.3 is 0 Å². The van der Waals surface area contributed by atoms with Crippen molar-refractivity contribution in [3.05, 3.63) is 29.8 Å². The van der Waals surface area contributed by atoms with Crippen molar-refractivity contribution in [1.29, 1.82) is 0 Å². The van der Waals surface area contributed by atoms with Crippen molar-refractivity contribution in [1.82, 2.24) is 9.55 Å². The molecule has 1 unspecified atom stereocenters. The summed E-state index contributed by atoms with van der Waals surface area (Å²) in [5.41, 5.74) is 1.39. The molecule has 0 saturated carbocycles. The summed E-state index contributed by atoms with van der Waals surface area (Å²) in [6.07, 6.45) is -0.643. The molecule has 1 aromatic carbocycles. The minimum absolute atomic E-state index is 0.294. The fourth-order valence-corrected chi connectivity index (χ4v) is 1.56. The third-order valence-electron chi connectivity index (χ3n) is 2.25. The molecule has 0 saturated heterocycles. The minimum atomic E-state index is -0.643. The van der Waals surface area contributed by atoms with Crippen LogP contribution in [0.5, 0.6) is 0 Å². The summed E-state index contributed by atoms with van der Waals surface area (Å²) in [7, 11) is 1.76. The van der Waals surface area contributed by atoms with Crippen LogP contribution in [-0.2, 0) is 7.05 Å². The third kappa shape index (κ3) is 1.28. The van der Waals surface area contributed by atoms with Gasteiger partial charge in [-0.25, -0.2) is 9.37 Å². The second-order valence-corrected chi connectivity index (χ2v) is 3.34. The van der Waals surface area contributed by atoms with Crippen molar-refractivity contribution in [3.8, 4) is 0 Å². The Hall–Kier alpha value is -1.42. The van der Waals surface area contributed by atoms with Crippen molar-refractivity contribution in [2.45, 2.75) is 13.0 Å². The first-order chi connectivity index (χ1) is 6.59. The van der Waals surface area contributed by atoms with Gasteiger partial charge in [-0.3, -0.25) is 0 Å². The number of imidazole rings is 1. The summed E-state index contributed by atoms with van der Waals surface area (Å²) in [6, 6.07) is 4.38. The Labute approximate surface area is 80.8 Å². The molecule has 74 valence electrons. The first kappa shape index (κ1) is 9.15. The van der Waals surface area contributed by atoms with Crippen LogP contribution in [0.25, 0.3) is 11.0 Å². The summed E-state index contributed by atoms with van der Waals surface area (Å²) >= 11 is 0. The standard InChI is InChI=1S/C10H11FN2O/c1-6(14)10-12-8-4-3-7(11)5-9(8)13(10)2/h3-6,14H,1-2H3. The predicted octanol–water partition coefficient (Wildman–Crippen LogP) is 1.77. The number of nitrogens with zero attached hydrogens (tertiary/aromatic N) is 2. The van der Waals surface area contributed by atoms with Gasteiger partial charge in [-0.15, -0.1) is 0 Å². The lowest BCUT2D eigenvalue weighted by molar-refractivity contribution is 0.186. The molecule has 0 fully saturated rings. The van der Waals surface area contributed by atoms with Gasteiger partial charge in [0, 0.05) is 7.05 Å². The number of aryl methyl sites for hydroxylation is 1. The average molecular weight is 194 g/mol. The third-order valence-corrected chi connectivity index (χ3v) is 2.25. The van der Waals surface area contributed by atoms with Crippen LogP contribution < -0.4 is 0 Å². The zero-order valence-corrected chi connectivity index (χ0v) is 8.03. The molecule has 2 rings (SSSR count). The maximum atomic E-state index is 12.9. The second-order valence-electron chi connectivity index (χ2n) is 3.34. The van der Waals surface area contributed by atoms with Gasteiger partial charge in [-0.2, -0.15) is 0 Å². The van der Waals surface area contributed by atoms with Crippen LogP contribution in [0.3, 0.4) is 0 Å². The van der Waals surface area contributed by atoms with Crippen LogP contribution in [0.2, 0.25) is 0 Å². The van der Waals surface area contributed by atoms with Crippen LogP contribution in [-0.4, -0.2) is 14.7 Å². The quantitative estimate of drug-likeness (QED) is 0.751. The number of benzene rings is 1. The number of aliphatic hydroxyl groups excluding tert-OH is 1. The molecule has 14 heavy (non-hydrogen) atoms. The number of halogens is 1. The first-order valence-corrected chi connectivity index (χ1v) is 4.39. The number of hydrogen-bond donors (Lipinski definition) is 1. The highest BCUT2D eigenvalue weighted by molar-refractivity contribution is 5.76. The zero-order valence-electron chi connectivity index (χ0n) is 8.03. The highest BCUT2D eigenvalue weighted by Crippen LogP contribution is 2.19. The van der Waals surface area contributed by atoms with Gasteiger partial charge in [-0.05, 0) is 25.1 Å². The molecular weight excluding hydrogens is 183 g/mol. The SMILES string of the molecule is CC(O)c1nc2ccc(F)cc2n1C. The monoisotopic (exact) mass is 194 g/mol. The Bertz CT molecular complexity index is 476. The van der Waals surface area contributed by atoms with Crippen LogP contribution in [0.1, 0.15) is 18.9 Å². The molecule has 0 aliphatic heterocycles. The minimum Gasteiger partial charge on any atom is -0.385 e. The van der Waals surface area contributed by atoms with Crippen LogP contribution in [0.15, 0.2) is 18.2 Å². The Kier molecular flexibility index (Phi) is 2.00. The topological polar surface area (TPSA) is 38.1 Å². The molecule has 0 bridgehead atoms. The van der Waals surface area contributed by atoms with Crippen molar-refractivity contribution < 1.29 is 9.50 Å². The molecule has 0 aliphatic rings. The maximum absolute atomic E-state index is 12.9. The summed E-state index contributed by atoms with van der Waals surface area (Å²) in [5, 5.41) is 9.40. The van der Waals surface area contributed by atoms with Gasteiger partial charge < -0.3 is 9.67 Å². The lowest BCUT2D eigenvalue weighted by Gasteiger charge is -2.03. The van der Waals surface area contributed by atoms with Crippen LogP contribution in [0.4, 0.5) is 4.39 Å². The van der Waals surface area contributed by atoms with Crippen LogP contribution in [0, 0.1) is 5.82 Å².